The first-order valence-corrected chi connectivity index (χ1v) is 4.63. The van der Waals surface area contributed by atoms with Gasteiger partial charge in [0.25, 0.3) is 0 Å². The Hall–Kier alpha value is -1.02. The van der Waals surface area contributed by atoms with Gasteiger partial charge in [0.2, 0.25) is 0 Å². The van der Waals surface area contributed by atoms with Crippen LogP contribution in [-0.4, -0.2) is 5.60 Å². The Morgan fingerprint density at radius 2 is 1.85 bits per heavy atom. The van der Waals surface area contributed by atoms with Crippen LogP contribution in [0.25, 0.3) is 0 Å². The zero-order valence-electron chi connectivity index (χ0n) is 8.50. The Morgan fingerprint density at radius 3 is 2.38 bits per heavy atom. The SMILES string of the molecule is CCC(C)(C)ONc1ccccc1. The van der Waals surface area contributed by atoms with E-state index in [1.165, 1.54) is 0 Å². The molecule has 0 radical (unpaired) electrons. The molecule has 0 heterocycles. The molecule has 0 atom stereocenters. The van der Waals surface area contributed by atoms with Crippen molar-refractivity contribution in [3.8, 4) is 0 Å². The molecule has 0 saturated carbocycles. The molecule has 0 aliphatic carbocycles. The highest BCUT2D eigenvalue weighted by Crippen LogP contribution is 2.15. The van der Waals surface area contributed by atoms with Crippen molar-refractivity contribution in [1.29, 1.82) is 0 Å². The molecule has 0 aliphatic heterocycles. The second kappa shape index (κ2) is 4.28. The molecule has 0 bridgehead atoms. The molecule has 0 aromatic heterocycles. The molecular weight excluding hydrogens is 162 g/mol. The van der Waals surface area contributed by atoms with Gasteiger partial charge in [-0.2, -0.15) is 0 Å². The Balaban J connectivity index is 2.44. The van der Waals surface area contributed by atoms with Crippen LogP contribution in [0.2, 0.25) is 0 Å². The number of anilines is 1. The summed E-state index contributed by atoms with van der Waals surface area (Å²) in [4.78, 5) is 5.51. The third kappa shape index (κ3) is 3.47. The first kappa shape index (κ1) is 10.1. The standard InChI is InChI=1S/C11H17NO/c1-4-11(2,3)13-12-10-8-6-5-7-9-10/h5-9,12H,4H2,1-3H3. The summed E-state index contributed by atoms with van der Waals surface area (Å²) in [6.07, 6.45) is 0.979. The summed E-state index contributed by atoms with van der Waals surface area (Å²) >= 11 is 0. The molecule has 72 valence electrons. The minimum Gasteiger partial charge on any atom is -0.270 e. The van der Waals surface area contributed by atoms with E-state index in [-0.39, 0.29) is 5.60 Å². The van der Waals surface area contributed by atoms with E-state index in [4.69, 9.17) is 4.84 Å². The minimum absolute atomic E-state index is 0.115. The van der Waals surface area contributed by atoms with Gasteiger partial charge in [-0.15, -0.1) is 0 Å². The van der Waals surface area contributed by atoms with Gasteiger partial charge in [0, 0.05) is 0 Å². The van der Waals surface area contributed by atoms with Crippen molar-refractivity contribution in [2.24, 2.45) is 0 Å². The predicted molar refractivity (Wildman–Crippen MR) is 55.5 cm³/mol. The summed E-state index contributed by atoms with van der Waals surface area (Å²) in [6.45, 7) is 6.22. The van der Waals surface area contributed by atoms with E-state index >= 15 is 0 Å². The normalized spacial score (nSPS) is 11.3. The van der Waals surface area contributed by atoms with Crippen LogP contribution in [0.3, 0.4) is 0 Å². The van der Waals surface area contributed by atoms with Crippen LogP contribution in [0.4, 0.5) is 5.69 Å². The Labute approximate surface area is 79.9 Å². The smallest absolute Gasteiger partial charge is 0.0901 e. The fraction of sp³-hybridized carbons (Fsp3) is 0.455. The lowest BCUT2D eigenvalue weighted by Crippen LogP contribution is -2.26. The average molecular weight is 179 g/mol. The lowest BCUT2D eigenvalue weighted by atomic mass is 10.1. The Morgan fingerprint density at radius 1 is 1.23 bits per heavy atom. The highest BCUT2D eigenvalue weighted by molar-refractivity contribution is 5.40. The van der Waals surface area contributed by atoms with Crippen LogP contribution in [0.5, 0.6) is 0 Å². The highest BCUT2D eigenvalue weighted by atomic mass is 16.7. The monoisotopic (exact) mass is 179 g/mol. The van der Waals surface area contributed by atoms with Crippen LogP contribution < -0.4 is 5.48 Å². The summed E-state index contributed by atoms with van der Waals surface area (Å²) in [5.74, 6) is 0. The fourth-order valence-corrected chi connectivity index (χ4v) is 0.775. The van der Waals surface area contributed by atoms with Gasteiger partial charge in [-0.1, -0.05) is 25.1 Å². The second-order valence-corrected chi connectivity index (χ2v) is 3.68. The summed E-state index contributed by atoms with van der Waals surface area (Å²) in [5.41, 5.74) is 3.81. The zero-order chi connectivity index (χ0) is 9.73. The van der Waals surface area contributed by atoms with E-state index in [0.29, 0.717) is 0 Å². The maximum Gasteiger partial charge on any atom is 0.0901 e. The number of nitrogens with one attached hydrogen (secondary N) is 1. The molecule has 13 heavy (non-hydrogen) atoms. The molecule has 0 fully saturated rings. The maximum absolute atomic E-state index is 5.51. The molecule has 0 saturated heterocycles. The molecule has 1 aromatic carbocycles. The van der Waals surface area contributed by atoms with E-state index in [0.717, 1.165) is 12.1 Å². The number of rotatable bonds is 4. The highest BCUT2D eigenvalue weighted by Gasteiger charge is 2.15. The Kier molecular flexibility index (Phi) is 3.32. The summed E-state index contributed by atoms with van der Waals surface area (Å²) in [7, 11) is 0. The van der Waals surface area contributed by atoms with Crippen LogP contribution in [0, 0.1) is 0 Å². The van der Waals surface area contributed by atoms with Crippen LogP contribution in [0.15, 0.2) is 30.3 Å². The largest absolute Gasteiger partial charge is 0.270 e. The number of hydrogen-bond donors (Lipinski definition) is 1. The van der Waals surface area contributed by atoms with Gasteiger partial charge in [0.15, 0.2) is 0 Å². The lowest BCUT2D eigenvalue weighted by molar-refractivity contribution is 0.0177. The first-order valence-electron chi connectivity index (χ1n) is 4.63. The molecule has 2 nitrogen and oxygen atoms in total. The van der Waals surface area contributed by atoms with Crippen molar-refractivity contribution in [3.63, 3.8) is 0 Å². The fourth-order valence-electron chi connectivity index (χ4n) is 0.775. The Bertz CT molecular complexity index is 244. The zero-order valence-corrected chi connectivity index (χ0v) is 8.50. The van der Waals surface area contributed by atoms with E-state index in [1.807, 2.05) is 30.3 Å². The van der Waals surface area contributed by atoms with E-state index in [1.54, 1.807) is 0 Å². The molecule has 2 heteroatoms. The van der Waals surface area contributed by atoms with E-state index in [9.17, 15) is 0 Å². The number of benzene rings is 1. The van der Waals surface area contributed by atoms with Gasteiger partial charge in [-0.05, 0) is 32.4 Å². The average Bonchev–Trinajstić information content (AvgIpc) is 2.17. The molecule has 1 N–H and O–H groups in total. The van der Waals surface area contributed by atoms with Gasteiger partial charge in [-0.25, -0.2) is 0 Å². The van der Waals surface area contributed by atoms with Crippen LogP contribution >= 0.6 is 0 Å². The molecule has 0 unspecified atom stereocenters. The van der Waals surface area contributed by atoms with Gasteiger partial charge >= 0.3 is 0 Å². The van der Waals surface area contributed by atoms with Crippen molar-refractivity contribution >= 4 is 5.69 Å². The molecule has 1 rings (SSSR count). The van der Waals surface area contributed by atoms with Crippen molar-refractivity contribution in [1.82, 2.24) is 0 Å². The van der Waals surface area contributed by atoms with Gasteiger partial charge < -0.3 is 0 Å². The molecular formula is C11H17NO. The summed E-state index contributed by atoms with van der Waals surface area (Å²) in [5, 5.41) is 0. The number of hydrogen-bond acceptors (Lipinski definition) is 2. The minimum atomic E-state index is -0.115. The molecule has 1 aromatic rings. The second-order valence-electron chi connectivity index (χ2n) is 3.68. The van der Waals surface area contributed by atoms with Crippen LogP contribution in [-0.2, 0) is 4.84 Å². The predicted octanol–water partition coefficient (Wildman–Crippen LogP) is 3.22. The third-order valence-electron chi connectivity index (χ3n) is 2.07. The van der Waals surface area contributed by atoms with Crippen LogP contribution in [0.1, 0.15) is 27.2 Å². The molecule has 0 amide bonds. The first-order chi connectivity index (χ1) is 6.14. The summed E-state index contributed by atoms with van der Waals surface area (Å²) in [6, 6.07) is 9.89. The van der Waals surface area contributed by atoms with Gasteiger partial charge in [-0.3, -0.25) is 10.3 Å². The van der Waals surface area contributed by atoms with Crippen molar-refractivity contribution in [3.05, 3.63) is 30.3 Å². The quantitative estimate of drug-likeness (QED) is 0.716. The van der Waals surface area contributed by atoms with Gasteiger partial charge in [0.1, 0.15) is 0 Å². The lowest BCUT2D eigenvalue weighted by Gasteiger charge is -2.23. The molecule has 0 spiro atoms. The van der Waals surface area contributed by atoms with Crippen molar-refractivity contribution in [2.45, 2.75) is 32.8 Å². The molecule has 0 aliphatic rings. The topological polar surface area (TPSA) is 21.3 Å². The van der Waals surface area contributed by atoms with E-state index < -0.39 is 0 Å². The maximum atomic E-state index is 5.51. The summed E-state index contributed by atoms with van der Waals surface area (Å²) < 4.78 is 0. The van der Waals surface area contributed by atoms with Crippen molar-refractivity contribution < 1.29 is 4.84 Å². The number of para-hydroxylation sites is 1. The van der Waals surface area contributed by atoms with E-state index in [2.05, 4.69) is 26.3 Å². The van der Waals surface area contributed by atoms with Crippen molar-refractivity contribution in [2.75, 3.05) is 5.48 Å². The van der Waals surface area contributed by atoms with Gasteiger partial charge in [0.05, 0.1) is 11.3 Å². The third-order valence-corrected chi connectivity index (χ3v) is 2.07.